The van der Waals surface area contributed by atoms with Crippen molar-refractivity contribution in [3.05, 3.63) is 24.4 Å². The molecule has 0 saturated carbocycles. The van der Waals surface area contributed by atoms with Gasteiger partial charge in [-0.25, -0.2) is 0 Å². The molecule has 0 aliphatic heterocycles. The highest BCUT2D eigenvalue weighted by molar-refractivity contribution is 8.93. The van der Waals surface area contributed by atoms with Gasteiger partial charge < -0.3 is 20.8 Å². The molecule has 0 unspecified atom stereocenters. The van der Waals surface area contributed by atoms with Crippen LogP contribution in [-0.2, 0) is 0 Å². The number of halogens is 3. The van der Waals surface area contributed by atoms with Crippen molar-refractivity contribution in [1.82, 2.24) is 10.3 Å². The molecule has 0 saturated heterocycles. The molecule has 1 aromatic carbocycles. The summed E-state index contributed by atoms with van der Waals surface area (Å²) in [5.41, 5.74) is 1.44. The Morgan fingerprint density at radius 2 is 1.72 bits per heavy atom. The van der Waals surface area contributed by atoms with Crippen LogP contribution in [0.2, 0.25) is 0 Å². The minimum Gasteiger partial charge on any atom is -0.504 e. The molecule has 25 heavy (non-hydrogen) atoms. The number of phenolic OH excluding ortho intramolecular Hbond substituents is 2. The smallest absolute Gasteiger partial charge is 0.167 e. The Morgan fingerprint density at radius 1 is 1.04 bits per heavy atom. The lowest BCUT2D eigenvalue weighted by Crippen LogP contribution is -2.23. The summed E-state index contributed by atoms with van der Waals surface area (Å²) in [6.45, 7) is 6.16. The number of pyridine rings is 1. The summed E-state index contributed by atoms with van der Waals surface area (Å²) >= 11 is 0. The number of nitrogens with one attached hydrogen (secondary N) is 2. The minimum atomic E-state index is -0.121. The molecule has 2 aromatic rings. The largest absolute Gasteiger partial charge is 0.504 e. The van der Waals surface area contributed by atoms with Crippen LogP contribution in [0.5, 0.6) is 11.5 Å². The zero-order valence-electron chi connectivity index (χ0n) is 14.5. The van der Waals surface area contributed by atoms with Crippen LogP contribution < -0.4 is 10.6 Å². The molecule has 5 nitrogen and oxygen atoms in total. The summed E-state index contributed by atoms with van der Waals surface area (Å²) in [5, 5.41) is 26.9. The van der Waals surface area contributed by atoms with E-state index in [2.05, 4.69) is 29.5 Å². The maximum Gasteiger partial charge on any atom is 0.167 e. The van der Waals surface area contributed by atoms with Gasteiger partial charge in [0.1, 0.15) is 0 Å². The van der Waals surface area contributed by atoms with Gasteiger partial charge in [-0.1, -0.05) is 20.3 Å². The number of aromatic nitrogens is 1. The summed E-state index contributed by atoms with van der Waals surface area (Å²) < 4.78 is 0. The standard InChI is InChI=1S/C17H25N3O2.3BrH/c1-12(2)18-8-4-3-5-9-19-14-11-15(21)17(22)13-7-6-10-20-16(13)14;;;/h6-7,10-12,18-19,21-22H,3-5,8-9H2,1-2H3;3*1H. The Hall–Kier alpha value is -0.570. The van der Waals surface area contributed by atoms with E-state index in [0.29, 0.717) is 16.9 Å². The third-order valence-corrected chi connectivity index (χ3v) is 3.56. The SMILES string of the molecule is Br.Br.Br.CC(C)NCCCCCNc1cc(O)c(O)c2cccnc12. The minimum absolute atomic E-state index is 0. The summed E-state index contributed by atoms with van der Waals surface area (Å²) in [5.74, 6) is -0.238. The summed E-state index contributed by atoms with van der Waals surface area (Å²) in [7, 11) is 0. The van der Waals surface area contributed by atoms with E-state index < -0.39 is 0 Å². The highest BCUT2D eigenvalue weighted by Crippen LogP contribution is 2.37. The molecule has 0 aliphatic rings. The molecule has 0 aliphatic carbocycles. The zero-order valence-corrected chi connectivity index (χ0v) is 19.6. The Bertz CT molecular complexity index is 627. The Kier molecular flexibility index (Phi) is 14.5. The molecule has 1 aromatic heterocycles. The molecule has 8 heteroatoms. The molecule has 0 amide bonds. The van der Waals surface area contributed by atoms with Crippen molar-refractivity contribution in [2.45, 2.75) is 39.2 Å². The first-order chi connectivity index (χ1) is 10.6. The van der Waals surface area contributed by atoms with Crippen LogP contribution in [0.1, 0.15) is 33.1 Å². The molecule has 144 valence electrons. The van der Waals surface area contributed by atoms with Crippen molar-refractivity contribution in [2.75, 3.05) is 18.4 Å². The number of hydrogen-bond acceptors (Lipinski definition) is 5. The molecule has 0 fully saturated rings. The molecule has 1 heterocycles. The lowest BCUT2D eigenvalue weighted by atomic mass is 10.1. The monoisotopic (exact) mass is 543 g/mol. The second-order valence-electron chi connectivity index (χ2n) is 5.79. The number of anilines is 1. The number of nitrogens with zero attached hydrogens (tertiary/aromatic N) is 1. The summed E-state index contributed by atoms with van der Waals surface area (Å²) in [4.78, 5) is 4.29. The number of rotatable bonds is 8. The van der Waals surface area contributed by atoms with Crippen molar-refractivity contribution in [2.24, 2.45) is 0 Å². The lowest BCUT2D eigenvalue weighted by molar-refractivity contribution is 0.408. The number of aromatic hydroxyl groups is 2. The van der Waals surface area contributed by atoms with Gasteiger partial charge in [-0.05, 0) is 31.5 Å². The van der Waals surface area contributed by atoms with Gasteiger partial charge in [0.15, 0.2) is 11.5 Å². The van der Waals surface area contributed by atoms with Gasteiger partial charge in [0.05, 0.1) is 11.2 Å². The van der Waals surface area contributed by atoms with Crippen LogP contribution in [0.3, 0.4) is 0 Å². The fraction of sp³-hybridized carbons (Fsp3) is 0.471. The van der Waals surface area contributed by atoms with E-state index in [1.165, 1.54) is 6.07 Å². The molecule has 0 bridgehead atoms. The maximum absolute atomic E-state index is 9.87. The normalized spacial score (nSPS) is 9.88. The van der Waals surface area contributed by atoms with Crippen molar-refractivity contribution in [3.8, 4) is 11.5 Å². The molecule has 0 atom stereocenters. The molecule has 0 radical (unpaired) electrons. The third-order valence-electron chi connectivity index (χ3n) is 3.56. The van der Waals surface area contributed by atoms with E-state index >= 15 is 0 Å². The Balaban J connectivity index is 0. The van der Waals surface area contributed by atoms with E-state index in [1.807, 2.05) is 0 Å². The number of hydrogen-bond donors (Lipinski definition) is 4. The number of phenols is 2. The van der Waals surface area contributed by atoms with Gasteiger partial charge >= 0.3 is 0 Å². The first-order valence-corrected chi connectivity index (χ1v) is 7.86. The van der Waals surface area contributed by atoms with Crippen LogP contribution in [-0.4, -0.2) is 34.3 Å². The van der Waals surface area contributed by atoms with E-state index in [0.717, 1.165) is 38.0 Å². The first kappa shape index (κ1) is 26.7. The average Bonchev–Trinajstić information content (AvgIpc) is 2.50. The maximum atomic E-state index is 9.87. The molecular weight excluding hydrogens is 518 g/mol. The van der Waals surface area contributed by atoms with Crippen molar-refractivity contribution < 1.29 is 10.2 Å². The average molecular weight is 546 g/mol. The van der Waals surface area contributed by atoms with Gasteiger partial charge in [0.2, 0.25) is 0 Å². The fourth-order valence-corrected chi connectivity index (χ4v) is 2.40. The van der Waals surface area contributed by atoms with Crippen LogP contribution in [0, 0.1) is 0 Å². The second-order valence-corrected chi connectivity index (χ2v) is 5.79. The molecular formula is C17H28Br3N3O2. The van der Waals surface area contributed by atoms with Crippen LogP contribution in [0.25, 0.3) is 10.9 Å². The summed E-state index contributed by atoms with van der Waals surface area (Å²) in [6, 6.07) is 5.56. The second kappa shape index (κ2) is 13.6. The van der Waals surface area contributed by atoms with Gasteiger partial charge in [-0.3, -0.25) is 4.98 Å². The van der Waals surface area contributed by atoms with Gasteiger partial charge in [-0.2, -0.15) is 0 Å². The highest BCUT2D eigenvalue weighted by Gasteiger charge is 2.10. The topological polar surface area (TPSA) is 77.4 Å². The van der Waals surface area contributed by atoms with Crippen molar-refractivity contribution in [1.29, 1.82) is 0 Å². The van der Waals surface area contributed by atoms with Gasteiger partial charge in [0.25, 0.3) is 0 Å². The van der Waals surface area contributed by atoms with Crippen molar-refractivity contribution in [3.63, 3.8) is 0 Å². The number of benzene rings is 1. The van der Waals surface area contributed by atoms with Gasteiger partial charge in [0, 0.05) is 30.2 Å². The number of unbranched alkanes of at least 4 members (excludes halogenated alkanes) is 2. The summed E-state index contributed by atoms with van der Waals surface area (Å²) in [6.07, 6.45) is 5.03. The van der Waals surface area contributed by atoms with E-state index in [-0.39, 0.29) is 62.4 Å². The highest BCUT2D eigenvalue weighted by atomic mass is 79.9. The fourth-order valence-electron chi connectivity index (χ4n) is 2.40. The Labute approximate surface area is 180 Å². The Morgan fingerprint density at radius 3 is 2.40 bits per heavy atom. The third kappa shape index (κ3) is 8.11. The van der Waals surface area contributed by atoms with E-state index in [1.54, 1.807) is 18.3 Å². The van der Waals surface area contributed by atoms with Gasteiger partial charge in [-0.15, -0.1) is 50.9 Å². The predicted octanol–water partition coefficient (Wildman–Crippen LogP) is 4.96. The predicted molar refractivity (Wildman–Crippen MR) is 122 cm³/mol. The number of fused-ring (bicyclic) bond motifs is 1. The molecule has 2 rings (SSSR count). The van der Waals surface area contributed by atoms with E-state index in [4.69, 9.17) is 0 Å². The van der Waals surface area contributed by atoms with Crippen LogP contribution in [0.4, 0.5) is 5.69 Å². The lowest BCUT2D eigenvalue weighted by Gasteiger charge is -2.12. The zero-order chi connectivity index (χ0) is 15.9. The molecule has 0 spiro atoms. The van der Waals surface area contributed by atoms with Crippen LogP contribution in [0.15, 0.2) is 24.4 Å². The van der Waals surface area contributed by atoms with Crippen LogP contribution >= 0.6 is 50.9 Å². The molecule has 4 N–H and O–H groups in total. The first-order valence-electron chi connectivity index (χ1n) is 7.86. The quantitative estimate of drug-likeness (QED) is 0.214. The van der Waals surface area contributed by atoms with Crippen molar-refractivity contribution >= 4 is 67.5 Å². The van der Waals surface area contributed by atoms with E-state index in [9.17, 15) is 10.2 Å².